The molecule has 0 aliphatic rings. The summed E-state index contributed by atoms with van der Waals surface area (Å²) < 4.78 is 1.94. The van der Waals surface area contributed by atoms with E-state index < -0.39 is 11.9 Å². The maximum absolute atomic E-state index is 14.1. The number of hydrogen-bond donors (Lipinski definition) is 1. The lowest BCUT2D eigenvalue weighted by Crippen LogP contribution is -2.42. The summed E-state index contributed by atoms with van der Waals surface area (Å²) >= 11 is 6.40. The van der Waals surface area contributed by atoms with Gasteiger partial charge in [-0.25, -0.2) is 4.98 Å². The van der Waals surface area contributed by atoms with Gasteiger partial charge < -0.3 is 15.2 Å². The summed E-state index contributed by atoms with van der Waals surface area (Å²) in [7, 11) is 0. The molecule has 1 atom stereocenters. The van der Waals surface area contributed by atoms with Gasteiger partial charge in [0.15, 0.2) is 0 Å². The predicted octanol–water partition coefficient (Wildman–Crippen LogP) is 5.85. The Labute approximate surface area is 246 Å². The van der Waals surface area contributed by atoms with Gasteiger partial charge in [-0.1, -0.05) is 80.1 Å². The molecule has 0 saturated carbocycles. The Kier molecular flexibility index (Phi) is 9.86. The molecule has 0 aliphatic carbocycles. The molecule has 41 heavy (non-hydrogen) atoms. The molecule has 4 rings (SSSR count). The molecule has 0 bridgehead atoms. The molecule has 3 aromatic carbocycles. The zero-order valence-electron chi connectivity index (χ0n) is 23.8. The van der Waals surface area contributed by atoms with E-state index in [0.29, 0.717) is 58.9 Å². The molecule has 2 amide bonds. The van der Waals surface area contributed by atoms with Crippen LogP contribution in [0, 0.1) is 12.8 Å². The summed E-state index contributed by atoms with van der Waals surface area (Å²) in [6.45, 7) is 11.0. The molecule has 4 aromatic rings. The fourth-order valence-corrected chi connectivity index (χ4v) is 5.10. The van der Waals surface area contributed by atoms with Gasteiger partial charge in [0.25, 0.3) is 11.8 Å². The molecule has 8 heteroatoms. The van der Waals surface area contributed by atoms with Crippen LogP contribution >= 0.6 is 11.6 Å². The first-order valence-electron chi connectivity index (χ1n) is 13.8. The van der Waals surface area contributed by atoms with Gasteiger partial charge in [0, 0.05) is 22.5 Å². The van der Waals surface area contributed by atoms with Crippen LogP contribution in [0.3, 0.4) is 0 Å². The number of carbonyl (C=O) groups is 2. The Bertz CT molecular complexity index is 1610. The molecular formula is C33H36ClN5O2. The van der Waals surface area contributed by atoms with E-state index in [4.69, 9.17) is 22.3 Å². The van der Waals surface area contributed by atoms with Gasteiger partial charge in [0.05, 0.1) is 18.1 Å². The van der Waals surface area contributed by atoms with E-state index in [1.807, 2.05) is 77.1 Å². The van der Waals surface area contributed by atoms with Crippen LogP contribution in [0.1, 0.15) is 53.6 Å². The highest BCUT2D eigenvalue weighted by atomic mass is 35.5. The van der Waals surface area contributed by atoms with E-state index in [9.17, 15) is 9.59 Å². The molecule has 0 saturated heterocycles. The number of amides is 2. The Balaban J connectivity index is 2.05. The standard InChI is InChI=1S/C33H36ClN5O2/c1-5-29(40)37-31-27-17-16-26(34)20-28(27)36-32(39(31)21-24-10-7-6-8-11-24)30(22(2)3)38(19-9-18-35)33(41)25-14-12-23(4)13-15-25/h5-8,10-17,20,22,30H,1,9,18-19,21,35H2,2-4H3/t30-/m1/s1. The van der Waals surface area contributed by atoms with Crippen LogP contribution in [0.2, 0.25) is 5.02 Å². The molecule has 0 radical (unpaired) electrons. The number of aromatic nitrogens is 2. The summed E-state index contributed by atoms with van der Waals surface area (Å²) in [4.78, 5) is 38.2. The van der Waals surface area contributed by atoms with Crippen molar-refractivity contribution in [3.63, 3.8) is 0 Å². The van der Waals surface area contributed by atoms with Crippen molar-refractivity contribution in [3.8, 4) is 0 Å². The zero-order chi connectivity index (χ0) is 29.5. The molecule has 0 fully saturated rings. The molecule has 0 spiro atoms. The van der Waals surface area contributed by atoms with Crippen molar-refractivity contribution in [2.45, 2.75) is 39.8 Å². The first kappa shape index (κ1) is 29.9. The number of rotatable bonds is 10. The maximum atomic E-state index is 14.1. The summed E-state index contributed by atoms with van der Waals surface area (Å²) in [5, 5.41) is 1.18. The monoisotopic (exact) mass is 569 g/mol. The van der Waals surface area contributed by atoms with Gasteiger partial charge in [-0.2, -0.15) is 4.99 Å². The molecule has 0 unspecified atom stereocenters. The highest BCUT2D eigenvalue weighted by Gasteiger charge is 2.32. The van der Waals surface area contributed by atoms with Gasteiger partial charge in [0.2, 0.25) is 0 Å². The number of hydrogen-bond acceptors (Lipinski definition) is 4. The van der Waals surface area contributed by atoms with Crippen LogP contribution in [0.4, 0.5) is 0 Å². The number of carbonyl (C=O) groups excluding carboxylic acids is 2. The van der Waals surface area contributed by atoms with Crippen molar-refractivity contribution in [1.29, 1.82) is 0 Å². The summed E-state index contributed by atoms with van der Waals surface area (Å²) in [5.74, 6) is -0.0305. The second-order valence-electron chi connectivity index (χ2n) is 10.4. The van der Waals surface area contributed by atoms with Crippen molar-refractivity contribution in [2.24, 2.45) is 16.6 Å². The Morgan fingerprint density at radius 1 is 1.10 bits per heavy atom. The van der Waals surface area contributed by atoms with Crippen LogP contribution in [0.15, 0.2) is 90.4 Å². The second-order valence-corrected chi connectivity index (χ2v) is 10.8. The Hall–Kier alpha value is -4.07. The fraction of sp³-hybridized carbons (Fsp3) is 0.273. The van der Waals surface area contributed by atoms with Gasteiger partial charge in [-0.3, -0.25) is 9.59 Å². The molecular weight excluding hydrogens is 534 g/mol. The van der Waals surface area contributed by atoms with E-state index in [2.05, 4.69) is 25.4 Å². The Morgan fingerprint density at radius 3 is 2.44 bits per heavy atom. The van der Waals surface area contributed by atoms with Crippen LogP contribution < -0.4 is 11.2 Å². The Morgan fingerprint density at radius 2 is 1.80 bits per heavy atom. The summed E-state index contributed by atoms with van der Waals surface area (Å²) in [6.07, 6.45) is 1.80. The normalized spacial score (nSPS) is 12.5. The van der Waals surface area contributed by atoms with E-state index in [1.54, 1.807) is 12.1 Å². The largest absolute Gasteiger partial charge is 0.330 e. The number of nitrogens with two attached hydrogens (primary N) is 1. The average Bonchev–Trinajstić information content (AvgIpc) is 2.96. The van der Waals surface area contributed by atoms with E-state index in [1.165, 1.54) is 6.08 Å². The quantitative estimate of drug-likeness (QED) is 0.242. The van der Waals surface area contributed by atoms with Crippen molar-refractivity contribution < 1.29 is 9.59 Å². The number of benzene rings is 3. The minimum absolute atomic E-state index is 0.0451. The first-order chi connectivity index (χ1) is 19.7. The zero-order valence-corrected chi connectivity index (χ0v) is 24.5. The number of fused-ring (bicyclic) bond motifs is 1. The lowest BCUT2D eigenvalue weighted by atomic mass is 9.98. The summed E-state index contributed by atoms with van der Waals surface area (Å²) in [5.41, 5.74) is 9.60. The van der Waals surface area contributed by atoms with Crippen LogP contribution in [-0.4, -0.2) is 39.4 Å². The SMILES string of the molecule is C=CC(=O)N=c1c2ccc(Cl)cc2nc([C@@H](C(C)C)N(CCCN)C(=O)c2ccc(C)cc2)n1Cc1ccccc1. The van der Waals surface area contributed by atoms with Gasteiger partial charge in [-0.05, 0) is 67.8 Å². The van der Waals surface area contributed by atoms with Gasteiger partial charge >= 0.3 is 0 Å². The predicted molar refractivity (Wildman–Crippen MR) is 165 cm³/mol. The molecule has 0 aliphatic heterocycles. The third kappa shape index (κ3) is 6.99. The van der Waals surface area contributed by atoms with E-state index in [0.717, 1.165) is 11.1 Å². The summed E-state index contributed by atoms with van der Waals surface area (Å²) in [6, 6.07) is 22.3. The molecule has 212 valence electrons. The number of halogens is 1. The van der Waals surface area contributed by atoms with Gasteiger partial charge in [-0.15, -0.1) is 0 Å². The molecule has 1 aromatic heterocycles. The number of nitrogens with zero attached hydrogens (tertiary/aromatic N) is 4. The third-order valence-corrected chi connectivity index (χ3v) is 7.17. The van der Waals surface area contributed by atoms with Crippen molar-refractivity contribution in [1.82, 2.24) is 14.5 Å². The van der Waals surface area contributed by atoms with Crippen molar-refractivity contribution >= 4 is 34.3 Å². The second kappa shape index (κ2) is 13.5. The smallest absolute Gasteiger partial charge is 0.271 e. The minimum Gasteiger partial charge on any atom is -0.330 e. The van der Waals surface area contributed by atoms with Crippen LogP contribution in [0.25, 0.3) is 10.9 Å². The lowest BCUT2D eigenvalue weighted by molar-refractivity contribution is -0.113. The van der Waals surface area contributed by atoms with Crippen LogP contribution in [0.5, 0.6) is 0 Å². The highest BCUT2D eigenvalue weighted by Crippen LogP contribution is 2.31. The fourth-order valence-electron chi connectivity index (χ4n) is 4.93. The van der Waals surface area contributed by atoms with Gasteiger partial charge in [0.1, 0.15) is 11.3 Å². The number of aryl methyl sites for hydroxylation is 1. The van der Waals surface area contributed by atoms with Crippen molar-refractivity contribution in [3.05, 3.63) is 118 Å². The molecule has 1 heterocycles. The highest BCUT2D eigenvalue weighted by molar-refractivity contribution is 6.31. The topological polar surface area (TPSA) is 93.6 Å². The third-order valence-electron chi connectivity index (χ3n) is 6.94. The maximum Gasteiger partial charge on any atom is 0.271 e. The first-order valence-corrected chi connectivity index (χ1v) is 14.1. The lowest BCUT2D eigenvalue weighted by Gasteiger charge is -2.36. The van der Waals surface area contributed by atoms with E-state index >= 15 is 0 Å². The average molecular weight is 570 g/mol. The minimum atomic E-state index is -0.475. The van der Waals surface area contributed by atoms with Crippen LogP contribution in [-0.2, 0) is 11.3 Å². The van der Waals surface area contributed by atoms with Crippen molar-refractivity contribution in [2.75, 3.05) is 13.1 Å². The van der Waals surface area contributed by atoms with E-state index in [-0.39, 0.29) is 11.8 Å². The molecule has 2 N–H and O–H groups in total. The molecule has 7 nitrogen and oxygen atoms in total.